The van der Waals surface area contributed by atoms with Gasteiger partial charge in [-0.2, -0.15) is 0 Å². The first-order chi connectivity index (χ1) is 19.2. The summed E-state index contributed by atoms with van der Waals surface area (Å²) in [4.78, 5) is 25.2. The molecule has 0 aliphatic carbocycles. The molecular weight excluding hydrogens is 549 g/mol. The van der Waals surface area contributed by atoms with Crippen LogP contribution in [0, 0.1) is 5.82 Å². The summed E-state index contributed by atoms with van der Waals surface area (Å²) in [6.45, 7) is 4.30. The standard InChI is InChI=1S/C33H34FNO5.Ca/c1-21(2)31-30(33(40)24-11-7-4-8-12-24)29(22-9-5-3-6-10-22)32(23-13-15-25(34)16-14-23)35(31)18-17-26(36)19-27(37)20-28(38)39;/h3-16,21,26-27,36-37H,17-20H2,1-2H3,(H,38,39);/q;+2/t26-,27-;/m1./s1. The normalized spacial score (nSPS) is 12.5. The topological polar surface area (TPSA) is 99.8 Å². The second-order valence-electron chi connectivity index (χ2n) is 10.3. The van der Waals surface area contributed by atoms with Crippen LogP contribution in [0.25, 0.3) is 22.4 Å². The van der Waals surface area contributed by atoms with Crippen LogP contribution in [0.5, 0.6) is 0 Å². The smallest absolute Gasteiger partial charge is 0.481 e. The van der Waals surface area contributed by atoms with E-state index in [-0.39, 0.29) is 68.1 Å². The number of aromatic nitrogens is 1. The molecule has 0 bridgehead atoms. The molecule has 4 rings (SSSR count). The van der Waals surface area contributed by atoms with Gasteiger partial charge < -0.3 is 19.9 Å². The summed E-state index contributed by atoms with van der Waals surface area (Å²) in [6, 6.07) is 24.8. The number of aliphatic carboxylic acids is 1. The Morgan fingerprint density at radius 1 is 0.829 bits per heavy atom. The van der Waals surface area contributed by atoms with Crippen molar-refractivity contribution in [2.45, 2.75) is 57.8 Å². The van der Waals surface area contributed by atoms with Crippen LogP contribution in [0.15, 0.2) is 84.9 Å². The second-order valence-corrected chi connectivity index (χ2v) is 10.3. The Morgan fingerprint density at radius 2 is 1.41 bits per heavy atom. The fourth-order valence-corrected chi connectivity index (χ4v) is 5.22. The van der Waals surface area contributed by atoms with Gasteiger partial charge in [-0.3, -0.25) is 9.59 Å². The minimum absolute atomic E-state index is 0. The summed E-state index contributed by atoms with van der Waals surface area (Å²) >= 11 is 0. The van der Waals surface area contributed by atoms with E-state index in [9.17, 15) is 24.2 Å². The Morgan fingerprint density at radius 3 is 1.98 bits per heavy atom. The summed E-state index contributed by atoms with van der Waals surface area (Å²) in [5, 5.41) is 29.7. The predicted octanol–water partition coefficient (Wildman–Crippen LogP) is 5.91. The maximum Gasteiger partial charge on any atom is 2.00 e. The first kappa shape index (κ1) is 32.7. The van der Waals surface area contributed by atoms with Gasteiger partial charge in [0.15, 0.2) is 5.78 Å². The van der Waals surface area contributed by atoms with Crippen molar-refractivity contribution in [2.24, 2.45) is 0 Å². The molecule has 0 aliphatic heterocycles. The number of carbonyl (C=O) groups excluding carboxylic acids is 1. The second kappa shape index (κ2) is 14.9. The molecule has 3 aromatic carbocycles. The Bertz CT molecular complexity index is 1450. The molecule has 0 fully saturated rings. The number of carboxylic acid groups (broad SMARTS) is 1. The summed E-state index contributed by atoms with van der Waals surface area (Å²) in [7, 11) is 0. The van der Waals surface area contributed by atoms with Crippen molar-refractivity contribution >= 4 is 49.5 Å². The van der Waals surface area contributed by atoms with E-state index in [2.05, 4.69) is 0 Å². The third kappa shape index (κ3) is 7.93. The molecule has 1 aromatic heterocycles. The van der Waals surface area contributed by atoms with Crippen LogP contribution in [0.3, 0.4) is 0 Å². The van der Waals surface area contributed by atoms with Crippen LogP contribution < -0.4 is 0 Å². The van der Waals surface area contributed by atoms with Crippen molar-refractivity contribution in [3.05, 3.63) is 108 Å². The van der Waals surface area contributed by atoms with Gasteiger partial charge in [0.2, 0.25) is 0 Å². The summed E-state index contributed by atoms with van der Waals surface area (Å²) < 4.78 is 16.0. The van der Waals surface area contributed by atoms with E-state index in [0.29, 0.717) is 17.7 Å². The van der Waals surface area contributed by atoms with E-state index in [1.807, 2.05) is 66.9 Å². The zero-order valence-electron chi connectivity index (χ0n) is 23.3. The van der Waals surface area contributed by atoms with E-state index >= 15 is 0 Å². The average Bonchev–Trinajstić information content (AvgIpc) is 3.27. The number of rotatable bonds is 12. The van der Waals surface area contributed by atoms with E-state index < -0.39 is 24.6 Å². The molecule has 4 aromatic rings. The maximum atomic E-state index is 14.2. The summed E-state index contributed by atoms with van der Waals surface area (Å²) in [6.07, 6.45) is -2.46. The van der Waals surface area contributed by atoms with Crippen molar-refractivity contribution < 1.29 is 29.3 Å². The Hall–Kier alpha value is -2.81. The van der Waals surface area contributed by atoms with Crippen LogP contribution in [0.4, 0.5) is 4.39 Å². The van der Waals surface area contributed by atoms with Gasteiger partial charge in [-0.25, -0.2) is 4.39 Å². The van der Waals surface area contributed by atoms with Gasteiger partial charge in [-0.15, -0.1) is 0 Å². The predicted molar refractivity (Wildman–Crippen MR) is 158 cm³/mol. The first-order valence-electron chi connectivity index (χ1n) is 13.4. The van der Waals surface area contributed by atoms with Crippen molar-refractivity contribution in [3.63, 3.8) is 0 Å². The molecule has 208 valence electrons. The van der Waals surface area contributed by atoms with Crippen LogP contribution in [0.1, 0.15) is 60.6 Å². The SMILES string of the molecule is CC(C)c1c(C(=O)c2ccccc2)c(-c2ccccc2)c(-c2ccc(F)cc2)n1CC[C@@H](O)C[C@@H](O)CC(=O)O.[Ca+2]. The fraction of sp³-hybridized carbons (Fsp3) is 0.273. The van der Waals surface area contributed by atoms with E-state index in [4.69, 9.17) is 5.11 Å². The molecule has 0 radical (unpaired) electrons. The molecule has 41 heavy (non-hydrogen) atoms. The number of hydrogen-bond acceptors (Lipinski definition) is 4. The molecule has 2 atom stereocenters. The molecule has 6 nitrogen and oxygen atoms in total. The maximum absolute atomic E-state index is 14.2. The molecule has 0 aliphatic rings. The molecule has 0 unspecified atom stereocenters. The van der Waals surface area contributed by atoms with Crippen LogP contribution in [-0.2, 0) is 11.3 Å². The van der Waals surface area contributed by atoms with Crippen molar-refractivity contribution in [1.29, 1.82) is 0 Å². The van der Waals surface area contributed by atoms with Crippen molar-refractivity contribution in [1.82, 2.24) is 4.57 Å². The van der Waals surface area contributed by atoms with Gasteiger partial charge in [0.25, 0.3) is 0 Å². The van der Waals surface area contributed by atoms with Gasteiger partial charge in [0, 0.05) is 23.4 Å². The molecular formula is C33H34CaFNO5+2. The number of carbonyl (C=O) groups is 2. The minimum atomic E-state index is -1.17. The summed E-state index contributed by atoms with van der Waals surface area (Å²) in [5.41, 5.74) is 4.88. The number of aliphatic hydroxyl groups excluding tert-OH is 2. The molecule has 3 N–H and O–H groups in total. The molecule has 8 heteroatoms. The Balaban J connectivity index is 0.00000462. The summed E-state index contributed by atoms with van der Waals surface area (Å²) in [5.74, 6) is -1.74. The number of carboxylic acids is 1. The van der Waals surface area contributed by atoms with Crippen LogP contribution in [-0.4, -0.2) is 81.6 Å². The molecule has 0 spiro atoms. The largest absolute Gasteiger partial charge is 2.00 e. The van der Waals surface area contributed by atoms with Crippen molar-refractivity contribution in [2.75, 3.05) is 0 Å². The number of benzene rings is 3. The molecule has 0 saturated heterocycles. The third-order valence-electron chi connectivity index (χ3n) is 6.93. The molecule has 0 amide bonds. The number of aliphatic hydroxyl groups is 2. The zero-order chi connectivity index (χ0) is 28.8. The van der Waals surface area contributed by atoms with Crippen LogP contribution in [0.2, 0.25) is 0 Å². The monoisotopic (exact) mass is 583 g/mol. The fourth-order valence-electron chi connectivity index (χ4n) is 5.22. The Kier molecular flexibility index (Phi) is 11.9. The van der Waals surface area contributed by atoms with Gasteiger partial charge >= 0.3 is 43.7 Å². The number of hydrogen-bond donors (Lipinski definition) is 3. The van der Waals surface area contributed by atoms with Gasteiger partial charge in [0.05, 0.1) is 29.9 Å². The average molecular weight is 584 g/mol. The third-order valence-corrected chi connectivity index (χ3v) is 6.93. The van der Waals surface area contributed by atoms with E-state index in [0.717, 1.165) is 28.1 Å². The van der Waals surface area contributed by atoms with Crippen LogP contribution >= 0.6 is 0 Å². The minimum Gasteiger partial charge on any atom is -0.481 e. The van der Waals surface area contributed by atoms with E-state index in [1.165, 1.54) is 12.1 Å². The quantitative estimate of drug-likeness (QED) is 0.142. The van der Waals surface area contributed by atoms with Gasteiger partial charge in [-0.05, 0) is 54.2 Å². The van der Waals surface area contributed by atoms with Crippen molar-refractivity contribution in [3.8, 4) is 22.4 Å². The molecule has 0 saturated carbocycles. The first-order valence-corrected chi connectivity index (χ1v) is 13.4. The number of ketones is 1. The zero-order valence-corrected chi connectivity index (χ0v) is 25.5. The number of halogens is 1. The number of nitrogens with zero attached hydrogens (tertiary/aromatic N) is 1. The Labute approximate surface area is 269 Å². The molecule has 1 heterocycles. The van der Waals surface area contributed by atoms with Gasteiger partial charge in [0.1, 0.15) is 5.82 Å². The van der Waals surface area contributed by atoms with Gasteiger partial charge in [-0.1, -0.05) is 74.5 Å². The van der Waals surface area contributed by atoms with E-state index in [1.54, 1.807) is 24.3 Å².